The molecule has 1 aromatic rings. The summed E-state index contributed by atoms with van der Waals surface area (Å²) in [6, 6.07) is 4.32. The minimum Gasteiger partial charge on any atom is -0.484 e. The maximum absolute atomic E-state index is 12.7. The van der Waals surface area contributed by atoms with E-state index in [1.54, 1.807) is 0 Å². The van der Waals surface area contributed by atoms with Gasteiger partial charge in [0.1, 0.15) is 5.75 Å². The highest BCUT2D eigenvalue weighted by molar-refractivity contribution is 5.86. The molecule has 4 aliphatic carbocycles. The summed E-state index contributed by atoms with van der Waals surface area (Å²) in [5, 5.41) is 0. The first-order valence-corrected chi connectivity index (χ1v) is 9.63. The van der Waals surface area contributed by atoms with Gasteiger partial charge in [-0.3, -0.25) is 20.4 Å². The Bertz CT molecular complexity index is 743. The lowest BCUT2D eigenvalue weighted by molar-refractivity contribution is -0.149. The van der Waals surface area contributed by atoms with E-state index in [9.17, 15) is 22.8 Å². The zero-order valence-corrected chi connectivity index (χ0v) is 15.3. The van der Waals surface area contributed by atoms with Crippen molar-refractivity contribution in [1.82, 2.24) is 10.9 Å². The summed E-state index contributed by atoms with van der Waals surface area (Å²) in [6.07, 6.45) is 1.79. The average Bonchev–Trinajstić information content (AvgIpc) is 2.63. The lowest BCUT2D eigenvalue weighted by atomic mass is 9.49. The molecule has 28 heavy (non-hydrogen) atoms. The van der Waals surface area contributed by atoms with Crippen LogP contribution < -0.4 is 15.6 Å². The summed E-state index contributed by atoms with van der Waals surface area (Å²) in [5.74, 6) is 0.998. The van der Waals surface area contributed by atoms with Crippen LogP contribution in [0.4, 0.5) is 13.2 Å². The molecule has 4 aliphatic rings. The Morgan fingerprint density at radius 2 is 1.64 bits per heavy atom. The van der Waals surface area contributed by atoms with Crippen LogP contribution in [-0.2, 0) is 15.8 Å². The van der Waals surface area contributed by atoms with Gasteiger partial charge in [-0.1, -0.05) is 6.07 Å². The van der Waals surface area contributed by atoms with Crippen LogP contribution in [0.2, 0.25) is 0 Å². The van der Waals surface area contributed by atoms with E-state index in [0.717, 1.165) is 31.4 Å². The molecular weight excluding hydrogens is 373 g/mol. The van der Waals surface area contributed by atoms with Crippen LogP contribution in [0.3, 0.4) is 0 Å². The van der Waals surface area contributed by atoms with Gasteiger partial charge in [-0.15, -0.1) is 0 Å². The minimum absolute atomic E-state index is 0.0580. The summed E-state index contributed by atoms with van der Waals surface area (Å²) in [5.41, 5.74) is 3.62. The standard InChI is InChI=1S/C20H23F3N2O3/c21-20(22,23)15-2-1-3-16(7-15)28-11-17(26)24-25-18(27)19-8-12-4-13(9-19)6-14(5-12)10-19/h1-3,7,12-14H,4-6,8-11H2,(H,24,26)(H,25,27). The number of carbonyl (C=O) groups is 2. The monoisotopic (exact) mass is 396 g/mol. The molecule has 1 aromatic carbocycles. The smallest absolute Gasteiger partial charge is 0.416 e. The average molecular weight is 396 g/mol. The number of halogens is 3. The molecule has 4 bridgehead atoms. The maximum Gasteiger partial charge on any atom is 0.416 e. The molecular formula is C20H23F3N2O3. The first-order valence-electron chi connectivity index (χ1n) is 9.63. The van der Waals surface area contributed by atoms with Crippen LogP contribution in [0.1, 0.15) is 44.1 Å². The molecule has 0 saturated heterocycles. The van der Waals surface area contributed by atoms with Crippen molar-refractivity contribution in [3.05, 3.63) is 29.8 Å². The molecule has 2 amide bonds. The number of amides is 2. The highest BCUT2D eigenvalue weighted by atomic mass is 19.4. The molecule has 2 N–H and O–H groups in total. The van der Waals surface area contributed by atoms with Gasteiger partial charge in [-0.2, -0.15) is 13.2 Å². The predicted octanol–water partition coefficient (Wildman–Crippen LogP) is 3.45. The van der Waals surface area contributed by atoms with Crippen LogP contribution in [0, 0.1) is 23.2 Å². The third kappa shape index (κ3) is 3.82. The molecule has 8 heteroatoms. The lowest BCUT2D eigenvalue weighted by Crippen LogP contribution is -2.57. The predicted molar refractivity (Wildman–Crippen MR) is 93.8 cm³/mol. The molecule has 5 nitrogen and oxygen atoms in total. The lowest BCUT2D eigenvalue weighted by Gasteiger charge is -2.55. The molecule has 0 aliphatic heterocycles. The van der Waals surface area contributed by atoms with Gasteiger partial charge in [0.15, 0.2) is 6.61 Å². The fraction of sp³-hybridized carbons (Fsp3) is 0.600. The van der Waals surface area contributed by atoms with Crippen molar-refractivity contribution in [3.63, 3.8) is 0 Å². The van der Waals surface area contributed by atoms with E-state index in [1.807, 2.05) is 0 Å². The van der Waals surface area contributed by atoms with Crippen molar-refractivity contribution in [2.24, 2.45) is 23.2 Å². The Kier molecular flexibility index (Phi) is 4.75. The highest BCUT2D eigenvalue weighted by Gasteiger charge is 2.54. The van der Waals surface area contributed by atoms with Crippen LogP contribution >= 0.6 is 0 Å². The van der Waals surface area contributed by atoms with Gasteiger partial charge in [0.2, 0.25) is 5.91 Å². The molecule has 0 radical (unpaired) electrons. The SMILES string of the molecule is O=C(COc1cccc(C(F)(F)F)c1)NNC(=O)C12CC3CC(CC(C3)C1)C2. The Labute approximate surface area is 161 Å². The second-order valence-corrected chi connectivity index (χ2v) is 8.51. The van der Waals surface area contributed by atoms with Gasteiger partial charge in [-0.25, -0.2) is 0 Å². The molecule has 152 valence electrons. The van der Waals surface area contributed by atoms with Crippen LogP contribution in [-0.4, -0.2) is 18.4 Å². The number of ether oxygens (including phenoxy) is 1. The van der Waals surface area contributed by atoms with Gasteiger partial charge in [0.05, 0.1) is 11.0 Å². The normalized spacial score (nSPS) is 30.8. The van der Waals surface area contributed by atoms with Crippen molar-refractivity contribution < 1.29 is 27.5 Å². The number of alkyl halides is 3. The van der Waals surface area contributed by atoms with Gasteiger partial charge >= 0.3 is 6.18 Å². The van der Waals surface area contributed by atoms with E-state index in [2.05, 4.69) is 10.9 Å². The molecule has 4 fully saturated rings. The number of hydrazine groups is 1. The van der Waals surface area contributed by atoms with E-state index in [4.69, 9.17) is 4.74 Å². The van der Waals surface area contributed by atoms with Crippen LogP contribution in [0.25, 0.3) is 0 Å². The van der Waals surface area contributed by atoms with E-state index in [-0.39, 0.29) is 17.1 Å². The highest BCUT2D eigenvalue weighted by Crippen LogP contribution is 2.60. The van der Waals surface area contributed by atoms with Gasteiger partial charge in [0.25, 0.3) is 5.91 Å². The zero-order valence-electron chi connectivity index (χ0n) is 15.3. The van der Waals surface area contributed by atoms with Gasteiger partial charge < -0.3 is 4.74 Å². The topological polar surface area (TPSA) is 67.4 Å². The third-order valence-electron chi connectivity index (χ3n) is 6.37. The second kappa shape index (κ2) is 6.97. The molecule has 0 unspecified atom stereocenters. The van der Waals surface area contributed by atoms with Crippen molar-refractivity contribution in [1.29, 1.82) is 0 Å². The first kappa shape index (κ1) is 19.1. The molecule has 5 rings (SSSR count). The maximum atomic E-state index is 12.7. The molecule has 0 spiro atoms. The van der Waals surface area contributed by atoms with E-state index in [1.165, 1.54) is 31.4 Å². The summed E-state index contributed by atoms with van der Waals surface area (Å²) >= 11 is 0. The molecule has 0 heterocycles. The van der Waals surface area contributed by atoms with Gasteiger partial charge in [-0.05, 0) is 74.5 Å². The number of hydrogen-bond donors (Lipinski definition) is 2. The number of carbonyl (C=O) groups excluding carboxylic acids is 2. The largest absolute Gasteiger partial charge is 0.484 e. The molecule has 4 saturated carbocycles. The van der Waals surface area contributed by atoms with Crippen molar-refractivity contribution in [3.8, 4) is 5.75 Å². The fourth-order valence-electron chi connectivity index (χ4n) is 5.59. The Morgan fingerprint density at radius 3 is 2.21 bits per heavy atom. The molecule has 0 aromatic heterocycles. The summed E-state index contributed by atoms with van der Waals surface area (Å²) in [6.45, 7) is -0.484. The Balaban J connectivity index is 1.28. The number of nitrogens with one attached hydrogen (secondary N) is 2. The summed E-state index contributed by atoms with van der Waals surface area (Å²) in [7, 11) is 0. The van der Waals surface area contributed by atoms with E-state index in [0.29, 0.717) is 17.8 Å². The van der Waals surface area contributed by atoms with Gasteiger partial charge in [0, 0.05) is 0 Å². The number of rotatable bonds is 4. The quantitative estimate of drug-likeness (QED) is 0.766. The number of hydrogen-bond acceptors (Lipinski definition) is 3. The summed E-state index contributed by atoms with van der Waals surface area (Å²) < 4.78 is 43.2. The van der Waals surface area contributed by atoms with E-state index >= 15 is 0 Å². The Hall–Kier alpha value is -2.25. The molecule has 0 atom stereocenters. The zero-order chi connectivity index (χ0) is 19.9. The van der Waals surface area contributed by atoms with Crippen molar-refractivity contribution in [2.45, 2.75) is 44.7 Å². The minimum atomic E-state index is -4.48. The van der Waals surface area contributed by atoms with Crippen molar-refractivity contribution in [2.75, 3.05) is 6.61 Å². The van der Waals surface area contributed by atoms with Crippen LogP contribution in [0.5, 0.6) is 5.75 Å². The van der Waals surface area contributed by atoms with Crippen LogP contribution in [0.15, 0.2) is 24.3 Å². The second-order valence-electron chi connectivity index (χ2n) is 8.51. The summed E-state index contributed by atoms with van der Waals surface area (Å²) in [4.78, 5) is 24.7. The van der Waals surface area contributed by atoms with Crippen molar-refractivity contribution >= 4 is 11.8 Å². The number of benzene rings is 1. The first-order chi connectivity index (χ1) is 13.2. The Morgan fingerprint density at radius 1 is 1.04 bits per heavy atom. The third-order valence-corrected chi connectivity index (χ3v) is 6.37. The fourth-order valence-corrected chi connectivity index (χ4v) is 5.59. The van der Waals surface area contributed by atoms with E-state index < -0.39 is 24.3 Å².